The van der Waals surface area contributed by atoms with Crippen LogP contribution in [0.1, 0.15) is 103 Å². The van der Waals surface area contributed by atoms with Crippen molar-refractivity contribution in [2.45, 2.75) is 125 Å². The Hall–Kier alpha value is 2.62. The fraction of sp³-hybridized carbons (Fsp3) is 1.00. The zero-order valence-corrected chi connectivity index (χ0v) is 24.9. The first-order valence-corrected chi connectivity index (χ1v) is 18.9. The molecule has 4 rings (SSSR count). The Labute approximate surface area is 202 Å². The molecule has 0 nitrogen and oxygen atoms in total. The van der Waals surface area contributed by atoms with Gasteiger partial charge in [-0.05, 0) is 74.0 Å². The van der Waals surface area contributed by atoms with Crippen LogP contribution in [0.15, 0.2) is 0 Å². The zero-order valence-electron chi connectivity index (χ0n) is 16.9. The second kappa shape index (κ2) is 12.0. The Bertz CT molecular complexity index is 444. The van der Waals surface area contributed by atoms with Crippen LogP contribution >= 0.6 is 10.5 Å². The van der Waals surface area contributed by atoms with Crippen molar-refractivity contribution < 1.29 is 19.5 Å². The number of hydrogen-bond acceptors (Lipinski definition) is 4. The van der Waals surface area contributed by atoms with E-state index in [1.807, 2.05) is 0 Å². The van der Waals surface area contributed by atoms with Gasteiger partial charge in [-0.3, -0.25) is 0 Å². The van der Waals surface area contributed by atoms with Gasteiger partial charge in [-0.25, -0.2) is 0 Å². The summed E-state index contributed by atoms with van der Waals surface area (Å²) in [5.74, 6) is 0. The standard InChI is InChI=1S/2C10H19PS2.Zn/c2*12-11(13,9-5-1-2-6-9)10-7-3-4-8-10;/h2*9-10H,1-8H2,(H,12,13);/q;;+2/p-2. The quantitative estimate of drug-likeness (QED) is 0.208. The molecule has 4 aliphatic carbocycles. The summed E-state index contributed by atoms with van der Waals surface area (Å²) < 4.78 is 0. The molecule has 0 bridgehead atoms. The minimum atomic E-state index is -1.37. The SMILES string of the molecule is S=P([S-])(C1CCCC1)C1CCCC1.S=P([S-])(C1CCCC1)C1CCCC1.[Zn+2]. The van der Waals surface area contributed by atoms with Crippen LogP contribution in [-0.4, -0.2) is 22.6 Å². The Morgan fingerprint density at radius 3 is 0.741 bits per heavy atom. The van der Waals surface area contributed by atoms with E-state index in [1.54, 1.807) is 0 Å². The van der Waals surface area contributed by atoms with Crippen LogP contribution in [0.4, 0.5) is 0 Å². The second-order valence-electron chi connectivity index (χ2n) is 9.04. The molecule has 7 heteroatoms. The fourth-order valence-corrected chi connectivity index (χ4v) is 16.2. The minimum absolute atomic E-state index is 0. The van der Waals surface area contributed by atoms with Crippen LogP contribution in [0.3, 0.4) is 0 Å². The van der Waals surface area contributed by atoms with E-state index in [0.717, 1.165) is 22.6 Å². The van der Waals surface area contributed by atoms with E-state index in [2.05, 4.69) is 0 Å². The molecule has 0 N–H and O–H groups in total. The molecule has 0 aliphatic heterocycles. The smallest absolute Gasteiger partial charge is 0.746 e. The van der Waals surface area contributed by atoms with Gasteiger partial charge in [0.1, 0.15) is 0 Å². The molecule has 0 atom stereocenters. The third-order valence-corrected chi connectivity index (χ3v) is 20.6. The summed E-state index contributed by atoms with van der Waals surface area (Å²) in [4.78, 5) is 0. The topological polar surface area (TPSA) is 0 Å². The van der Waals surface area contributed by atoms with E-state index in [4.69, 9.17) is 48.1 Å². The Morgan fingerprint density at radius 2 is 0.593 bits per heavy atom. The van der Waals surface area contributed by atoms with Crippen LogP contribution in [0.25, 0.3) is 0 Å². The predicted octanol–water partition coefficient (Wildman–Crippen LogP) is 7.62. The predicted molar refractivity (Wildman–Crippen MR) is 132 cm³/mol. The summed E-state index contributed by atoms with van der Waals surface area (Å²) in [6.07, 6.45) is 22.0. The van der Waals surface area contributed by atoms with Gasteiger partial charge >= 0.3 is 19.5 Å². The first-order valence-electron chi connectivity index (χ1n) is 11.0. The van der Waals surface area contributed by atoms with E-state index in [-0.39, 0.29) is 19.5 Å². The van der Waals surface area contributed by atoms with Gasteiger partial charge in [0.15, 0.2) is 0 Å². The van der Waals surface area contributed by atoms with Gasteiger partial charge in [-0.1, -0.05) is 51.4 Å². The molecular weight excluding hydrogens is 496 g/mol. The molecule has 4 saturated carbocycles. The molecular formula is C20H36P2S4Zn. The largest absolute Gasteiger partial charge is 2.00 e. The Balaban J connectivity index is 0.000000187. The third-order valence-electron chi connectivity index (χ3n) is 7.33. The maximum absolute atomic E-state index is 5.79. The molecule has 0 spiro atoms. The first-order chi connectivity index (χ1) is 12.4. The Kier molecular flexibility index (Phi) is 11.5. The first kappa shape index (κ1) is 25.9. The van der Waals surface area contributed by atoms with Gasteiger partial charge in [0.2, 0.25) is 0 Å². The van der Waals surface area contributed by atoms with Crippen molar-refractivity contribution in [1.82, 2.24) is 0 Å². The minimum Gasteiger partial charge on any atom is -0.746 e. The van der Waals surface area contributed by atoms with E-state index >= 15 is 0 Å². The molecule has 0 radical (unpaired) electrons. The average Bonchev–Trinajstić information content (AvgIpc) is 3.47. The maximum Gasteiger partial charge on any atom is 2.00 e. The fourth-order valence-electron chi connectivity index (χ4n) is 5.65. The van der Waals surface area contributed by atoms with Gasteiger partial charge in [0.25, 0.3) is 0 Å². The molecule has 4 fully saturated rings. The summed E-state index contributed by atoms with van der Waals surface area (Å²) in [7, 11) is 0. The van der Waals surface area contributed by atoms with Crippen molar-refractivity contribution in [3.63, 3.8) is 0 Å². The van der Waals surface area contributed by atoms with Gasteiger partial charge in [0.05, 0.1) is 0 Å². The van der Waals surface area contributed by atoms with Crippen molar-refractivity contribution >= 4 is 58.6 Å². The third kappa shape index (κ3) is 6.80. The van der Waals surface area contributed by atoms with Crippen molar-refractivity contribution in [3.8, 4) is 0 Å². The number of hydrogen-bond donors (Lipinski definition) is 0. The van der Waals surface area contributed by atoms with Crippen molar-refractivity contribution in [3.05, 3.63) is 0 Å². The van der Waals surface area contributed by atoms with Crippen LogP contribution in [0.2, 0.25) is 0 Å². The van der Waals surface area contributed by atoms with Crippen LogP contribution in [0, 0.1) is 0 Å². The second-order valence-corrected chi connectivity index (χ2v) is 23.2. The van der Waals surface area contributed by atoms with Crippen molar-refractivity contribution in [1.29, 1.82) is 0 Å². The summed E-state index contributed by atoms with van der Waals surface area (Å²) in [6.45, 7) is 0. The molecule has 27 heavy (non-hydrogen) atoms. The van der Waals surface area contributed by atoms with Crippen LogP contribution in [-0.2, 0) is 67.6 Å². The van der Waals surface area contributed by atoms with Gasteiger partial charge in [0, 0.05) is 0 Å². The van der Waals surface area contributed by atoms with E-state index in [9.17, 15) is 0 Å². The van der Waals surface area contributed by atoms with Crippen LogP contribution < -0.4 is 0 Å². The van der Waals surface area contributed by atoms with E-state index in [1.165, 1.54) is 103 Å². The Morgan fingerprint density at radius 1 is 0.444 bits per heavy atom. The average molecular weight is 532 g/mol. The van der Waals surface area contributed by atoms with Crippen molar-refractivity contribution in [2.75, 3.05) is 0 Å². The normalized spacial score (nSPS) is 26.1. The maximum atomic E-state index is 5.79. The summed E-state index contributed by atoms with van der Waals surface area (Å²) in [6, 6.07) is 0. The van der Waals surface area contributed by atoms with Gasteiger partial charge in [-0.15, -0.1) is 23.6 Å². The molecule has 0 aromatic heterocycles. The molecule has 0 saturated heterocycles. The summed E-state index contributed by atoms with van der Waals surface area (Å²) in [5, 5.41) is -2.74. The van der Waals surface area contributed by atoms with Crippen LogP contribution in [0.5, 0.6) is 0 Å². The van der Waals surface area contributed by atoms with Gasteiger partial charge in [-0.2, -0.15) is 10.5 Å². The number of rotatable bonds is 4. The molecule has 4 aliphatic rings. The van der Waals surface area contributed by atoms with Gasteiger partial charge < -0.3 is 24.5 Å². The molecule has 0 unspecified atom stereocenters. The summed E-state index contributed by atoms with van der Waals surface area (Å²) >= 11 is 23.2. The van der Waals surface area contributed by atoms with E-state index in [0.29, 0.717) is 0 Å². The zero-order chi connectivity index (χ0) is 18.6. The monoisotopic (exact) mass is 530 g/mol. The summed E-state index contributed by atoms with van der Waals surface area (Å²) in [5.41, 5.74) is 3.17. The van der Waals surface area contributed by atoms with Crippen molar-refractivity contribution in [2.24, 2.45) is 0 Å². The van der Waals surface area contributed by atoms with E-state index < -0.39 is 10.5 Å². The molecule has 0 aromatic rings. The molecule has 0 aromatic carbocycles. The molecule has 152 valence electrons. The molecule has 0 amide bonds. The molecule has 0 heterocycles.